The van der Waals surface area contributed by atoms with Gasteiger partial charge in [-0.15, -0.1) is 11.8 Å². The highest BCUT2D eigenvalue weighted by Crippen LogP contribution is 2.30. The van der Waals surface area contributed by atoms with Gasteiger partial charge >= 0.3 is 0 Å². The van der Waals surface area contributed by atoms with Crippen LogP contribution in [-0.2, 0) is 0 Å². The Hall–Kier alpha value is -2.01. The molecule has 0 amide bonds. The van der Waals surface area contributed by atoms with Gasteiger partial charge in [0.1, 0.15) is 0 Å². The molecule has 0 saturated heterocycles. The van der Waals surface area contributed by atoms with Crippen molar-refractivity contribution in [2.75, 3.05) is 14.2 Å². The Morgan fingerprint density at radius 1 is 1.10 bits per heavy atom. The molecule has 1 heterocycles. The third-order valence-electron chi connectivity index (χ3n) is 3.00. The minimum Gasteiger partial charge on any atom is -0.493 e. The molecule has 0 saturated carbocycles. The first-order chi connectivity index (χ1) is 10.2. The number of methoxy groups -OCH3 is 2. The first-order valence-electron chi connectivity index (χ1n) is 6.48. The maximum absolute atomic E-state index is 12.5. The van der Waals surface area contributed by atoms with Gasteiger partial charge in [-0.2, -0.15) is 0 Å². The minimum absolute atomic E-state index is 0.0535. The number of thioether (sulfide) groups is 1. The predicted molar refractivity (Wildman–Crippen MR) is 83.4 cm³/mol. The molecule has 2 rings (SSSR count). The number of nitrogens with zero attached hydrogens (tertiary/aromatic N) is 1. The molecule has 110 valence electrons. The largest absolute Gasteiger partial charge is 0.493 e. The smallest absolute Gasteiger partial charge is 0.176 e. The van der Waals surface area contributed by atoms with E-state index in [0.29, 0.717) is 17.1 Å². The number of pyridine rings is 1. The summed E-state index contributed by atoms with van der Waals surface area (Å²) in [5.74, 6) is 1.23. The van der Waals surface area contributed by atoms with Gasteiger partial charge in [0.05, 0.1) is 19.5 Å². The van der Waals surface area contributed by atoms with Crippen molar-refractivity contribution in [3.8, 4) is 11.5 Å². The molecule has 0 N–H and O–H groups in total. The molecule has 21 heavy (non-hydrogen) atoms. The molecule has 0 spiro atoms. The second-order valence-corrected chi connectivity index (χ2v) is 5.79. The summed E-state index contributed by atoms with van der Waals surface area (Å²) in [6, 6.07) is 9.00. The van der Waals surface area contributed by atoms with E-state index in [1.807, 2.05) is 19.1 Å². The second-order valence-electron chi connectivity index (χ2n) is 4.38. The molecule has 0 aliphatic carbocycles. The van der Waals surface area contributed by atoms with Gasteiger partial charge in [0, 0.05) is 22.9 Å². The summed E-state index contributed by atoms with van der Waals surface area (Å²) >= 11 is 1.51. The number of hydrogen-bond donors (Lipinski definition) is 0. The molecule has 5 heteroatoms. The SMILES string of the molecule is COc1ccc(C(=O)C(C)Sc2ccncc2)cc1OC. The molecule has 0 fully saturated rings. The number of Topliss-reactive ketones (excluding diaryl/α,β-unsaturated/α-hetero) is 1. The third kappa shape index (κ3) is 3.76. The van der Waals surface area contributed by atoms with Crippen LogP contribution in [0.4, 0.5) is 0 Å². The van der Waals surface area contributed by atoms with E-state index >= 15 is 0 Å². The van der Waals surface area contributed by atoms with Crippen molar-refractivity contribution in [2.24, 2.45) is 0 Å². The van der Waals surface area contributed by atoms with Crippen molar-refractivity contribution >= 4 is 17.5 Å². The zero-order valence-electron chi connectivity index (χ0n) is 12.2. The Morgan fingerprint density at radius 2 is 1.76 bits per heavy atom. The van der Waals surface area contributed by atoms with Crippen LogP contribution in [0.2, 0.25) is 0 Å². The Kier molecular flexibility index (Phi) is 5.22. The molecule has 1 aromatic heterocycles. The van der Waals surface area contributed by atoms with E-state index in [2.05, 4.69) is 4.98 Å². The molecule has 0 aliphatic heterocycles. The van der Waals surface area contributed by atoms with Crippen molar-refractivity contribution in [1.29, 1.82) is 0 Å². The van der Waals surface area contributed by atoms with Crippen molar-refractivity contribution in [3.05, 3.63) is 48.3 Å². The molecule has 1 atom stereocenters. The fourth-order valence-corrected chi connectivity index (χ4v) is 2.83. The van der Waals surface area contributed by atoms with Gasteiger partial charge in [-0.1, -0.05) is 0 Å². The molecule has 2 aromatic rings. The lowest BCUT2D eigenvalue weighted by atomic mass is 10.1. The summed E-state index contributed by atoms with van der Waals surface area (Å²) in [6.45, 7) is 1.89. The van der Waals surface area contributed by atoms with Crippen LogP contribution in [0.3, 0.4) is 0 Å². The average Bonchev–Trinajstić information content (AvgIpc) is 2.54. The lowest BCUT2D eigenvalue weighted by molar-refractivity contribution is 0.0993. The molecule has 1 aromatic carbocycles. The first kappa shape index (κ1) is 15.4. The van der Waals surface area contributed by atoms with Crippen molar-refractivity contribution in [2.45, 2.75) is 17.1 Å². The monoisotopic (exact) mass is 303 g/mol. The number of ketones is 1. The summed E-state index contributed by atoms with van der Waals surface area (Å²) in [4.78, 5) is 17.5. The highest BCUT2D eigenvalue weighted by molar-refractivity contribution is 8.00. The van der Waals surface area contributed by atoms with Gasteiger partial charge in [-0.05, 0) is 37.3 Å². The van der Waals surface area contributed by atoms with Gasteiger partial charge in [-0.25, -0.2) is 0 Å². The normalized spacial score (nSPS) is 11.8. The maximum atomic E-state index is 12.5. The Balaban J connectivity index is 2.15. The molecule has 0 aliphatic rings. The summed E-state index contributed by atoms with van der Waals surface area (Å²) in [7, 11) is 3.13. The average molecular weight is 303 g/mol. The van der Waals surface area contributed by atoms with Gasteiger partial charge in [0.2, 0.25) is 0 Å². The van der Waals surface area contributed by atoms with E-state index in [4.69, 9.17) is 9.47 Å². The van der Waals surface area contributed by atoms with Gasteiger partial charge < -0.3 is 9.47 Å². The molecular weight excluding hydrogens is 286 g/mol. The molecule has 0 bridgehead atoms. The maximum Gasteiger partial charge on any atom is 0.176 e. The topological polar surface area (TPSA) is 48.4 Å². The zero-order valence-corrected chi connectivity index (χ0v) is 13.0. The lowest BCUT2D eigenvalue weighted by Crippen LogP contribution is -2.13. The summed E-state index contributed by atoms with van der Waals surface area (Å²) in [5.41, 5.74) is 0.613. The summed E-state index contributed by atoms with van der Waals surface area (Å²) in [6.07, 6.45) is 3.44. The lowest BCUT2D eigenvalue weighted by Gasteiger charge is -2.12. The van der Waals surface area contributed by atoms with Gasteiger partial charge in [-0.3, -0.25) is 9.78 Å². The van der Waals surface area contributed by atoms with E-state index in [1.54, 1.807) is 44.8 Å². The van der Waals surface area contributed by atoms with E-state index in [9.17, 15) is 4.79 Å². The highest BCUT2D eigenvalue weighted by Gasteiger charge is 2.18. The first-order valence-corrected chi connectivity index (χ1v) is 7.36. The summed E-state index contributed by atoms with van der Waals surface area (Å²) < 4.78 is 10.4. The van der Waals surface area contributed by atoms with Crippen LogP contribution in [0.5, 0.6) is 11.5 Å². The van der Waals surface area contributed by atoms with E-state index < -0.39 is 0 Å². The highest BCUT2D eigenvalue weighted by atomic mass is 32.2. The van der Waals surface area contributed by atoms with E-state index in [0.717, 1.165) is 4.90 Å². The van der Waals surface area contributed by atoms with Crippen LogP contribution < -0.4 is 9.47 Å². The number of aromatic nitrogens is 1. The van der Waals surface area contributed by atoms with Crippen molar-refractivity contribution < 1.29 is 14.3 Å². The molecular formula is C16H17NO3S. The van der Waals surface area contributed by atoms with Crippen molar-refractivity contribution in [1.82, 2.24) is 4.98 Å². The summed E-state index contributed by atoms with van der Waals surface area (Å²) in [5, 5.41) is -0.189. The standard InChI is InChI=1S/C16H17NO3S/c1-11(21-13-6-8-17-9-7-13)16(18)12-4-5-14(19-2)15(10-12)20-3/h4-11H,1-3H3. The number of ether oxygens (including phenoxy) is 2. The Morgan fingerprint density at radius 3 is 2.38 bits per heavy atom. The number of rotatable bonds is 6. The Bertz CT molecular complexity index is 616. The molecule has 4 nitrogen and oxygen atoms in total. The number of benzene rings is 1. The Labute approximate surface area is 128 Å². The van der Waals surface area contributed by atoms with Crippen LogP contribution in [0.15, 0.2) is 47.6 Å². The van der Waals surface area contributed by atoms with Crippen LogP contribution in [0, 0.1) is 0 Å². The van der Waals surface area contributed by atoms with E-state index in [-0.39, 0.29) is 11.0 Å². The van der Waals surface area contributed by atoms with Gasteiger partial charge in [0.15, 0.2) is 17.3 Å². The second kappa shape index (κ2) is 7.13. The fraction of sp³-hybridized carbons (Fsp3) is 0.250. The third-order valence-corrected chi connectivity index (χ3v) is 4.11. The van der Waals surface area contributed by atoms with Crippen LogP contribution in [-0.4, -0.2) is 30.2 Å². The number of carbonyl (C=O) groups is 1. The number of carbonyl (C=O) groups excluding carboxylic acids is 1. The fourth-order valence-electron chi connectivity index (χ4n) is 1.90. The number of hydrogen-bond acceptors (Lipinski definition) is 5. The van der Waals surface area contributed by atoms with Crippen LogP contribution >= 0.6 is 11.8 Å². The van der Waals surface area contributed by atoms with Crippen LogP contribution in [0.1, 0.15) is 17.3 Å². The zero-order chi connectivity index (χ0) is 15.2. The quantitative estimate of drug-likeness (QED) is 0.604. The molecule has 0 radical (unpaired) electrons. The van der Waals surface area contributed by atoms with Crippen LogP contribution in [0.25, 0.3) is 0 Å². The minimum atomic E-state index is -0.189. The van der Waals surface area contributed by atoms with Crippen molar-refractivity contribution in [3.63, 3.8) is 0 Å². The van der Waals surface area contributed by atoms with E-state index in [1.165, 1.54) is 11.8 Å². The van der Waals surface area contributed by atoms with Gasteiger partial charge in [0.25, 0.3) is 0 Å². The predicted octanol–water partition coefficient (Wildman–Crippen LogP) is 3.46. The molecule has 1 unspecified atom stereocenters.